The van der Waals surface area contributed by atoms with Crippen LogP contribution < -0.4 is 10.2 Å². The minimum atomic E-state index is -0.220. The van der Waals surface area contributed by atoms with Crippen molar-refractivity contribution in [3.8, 4) is 0 Å². The van der Waals surface area contributed by atoms with Crippen molar-refractivity contribution in [2.75, 3.05) is 4.90 Å². The minimum Gasteiger partial charge on any atom is -0.327 e. The van der Waals surface area contributed by atoms with Crippen LogP contribution in [0.2, 0.25) is 10.0 Å². The molecule has 2 aromatic rings. The number of thiocarbonyl (C=S) groups is 1. The van der Waals surface area contributed by atoms with Gasteiger partial charge in [-0.3, -0.25) is 9.69 Å². The highest BCUT2D eigenvalue weighted by Crippen LogP contribution is 2.25. The number of nitrogens with one attached hydrogen (secondary N) is 1. The Balaban J connectivity index is 1.93. The summed E-state index contributed by atoms with van der Waals surface area (Å²) < 4.78 is 0. The molecule has 6 heteroatoms. The van der Waals surface area contributed by atoms with Gasteiger partial charge in [-0.05, 0) is 54.2 Å². The van der Waals surface area contributed by atoms with Crippen LogP contribution in [0.1, 0.15) is 5.56 Å². The SMILES string of the molecule is O=C1/C(=C/c2ccc(Cl)cc2)NC(=S)N1c1cccc(Cl)c1. The molecule has 0 aromatic heterocycles. The van der Waals surface area contributed by atoms with Gasteiger partial charge in [0.2, 0.25) is 0 Å². The summed E-state index contributed by atoms with van der Waals surface area (Å²) in [5.74, 6) is -0.220. The first-order valence-electron chi connectivity index (χ1n) is 6.43. The lowest BCUT2D eigenvalue weighted by atomic mass is 10.2. The van der Waals surface area contributed by atoms with Crippen molar-refractivity contribution in [3.05, 3.63) is 69.8 Å². The second-order valence-electron chi connectivity index (χ2n) is 4.66. The lowest BCUT2D eigenvalue weighted by Gasteiger charge is -2.13. The highest BCUT2D eigenvalue weighted by molar-refractivity contribution is 7.80. The van der Waals surface area contributed by atoms with Crippen LogP contribution in [0.3, 0.4) is 0 Å². The van der Waals surface area contributed by atoms with E-state index in [4.69, 9.17) is 35.4 Å². The zero-order valence-electron chi connectivity index (χ0n) is 11.2. The Morgan fingerprint density at radius 2 is 1.77 bits per heavy atom. The number of hydrogen-bond acceptors (Lipinski definition) is 2. The van der Waals surface area contributed by atoms with Gasteiger partial charge in [-0.15, -0.1) is 0 Å². The van der Waals surface area contributed by atoms with E-state index in [0.717, 1.165) is 5.56 Å². The Morgan fingerprint density at radius 3 is 2.45 bits per heavy atom. The van der Waals surface area contributed by atoms with Gasteiger partial charge in [0.15, 0.2) is 5.11 Å². The molecule has 0 spiro atoms. The molecule has 2 aromatic carbocycles. The number of anilines is 1. The van der Waals surface area contributed by atoms with Gasteiger partial charge < -0.3 is 5.32 Å². The number of hydrogen-bond donors (Lipinski definition) is 1. The number of rotatable bonds is 2. The third-order valence-electron chi connectivity index (χ3n) is 3.13. The van der Waals surface area contributed by atoms with Crippen LogP contribution in [0, 0.1) is 0 Å². The predicted molar refractivity (Wildman–Crippen MR) is 94.1 cm³/mol. The highest BCUT2D eigenvalue weighted by Gasteiger charge is 2.31. The molecule has 1 N–H and O–H groups in total. The maximum Gasteiger partial charge on any atom is 0.281 e. The summed E-state index contributed by atoms with van der Waals surface area (Å²) in [7, 11) is 0. The minimum absolute atomic E-state index is 0.220. The van der Waals surface area contributed by atoms with Gasteiger partial charge in [-0.2, -0.15) is 0 Å². The number of carbonyl (C=O) groups is 1. The smallest absolute Gasteiger partial charge is 0.281 e. The Bertz CT molecular complexity index is 787. The summed E-state index contributed by atoms with van der Waals surface area (Å²) in [6, 6.07) is 14.2. The van der Waals surface area contributed by atoms with E-state index in [0.29, 0.717) is 26.5 Å². The molecule has 0 bridgehead atoms. The Kier molecular flexibility index (Phi) is 4.16. The van der Waals surface area contributed by atoms with Crippen molar-refractivity contribution >= 4 is 58.2 Å². The van der Waals surface area contributed by atoms with Crippen molar-refractivity contribution in [2.24, 2.45) is 0 Å². The van der Waals surface area contributed by atoms with Gasteiger partial charge in [0, 0.05) is 10.0 Å². The molecule has 3 nitrogen and oxygen atoms in total. The molecule has 1 amide bonds. The third-order valence-corrected chi connectivity index (χ3v) is 3.90. The molecule has 1 aliphatic heterocycles. The maximum absolute atomic E-state index is 12.5. The molecular weight excluding hydrogens is 339 g/mol. The molecule has 1 saturated heterocycles. The van der Waals surface area contributed by atoms with Crippen molar-refractivity contribution in [3.63, 3.8) is 0 Å². The number of nitrogens with zero attached hydrogens (tertiary/aromatic N) is 1. The lowest BCUT2D eigenvalue weighted by molar-refractivity contribution is -0.113. The van der Waals surface area contributed by atoms with Crippen LogP contribution >= 0.6 is 35.4 Å². The maximum atomic E-state index is 12.5. The van der Waals surface area contributed by atoms with Gasteiger partial charge in [0.1, 0.15) is 5.70 Å². The Hall–Kier alpha value is -1.88. The Labute approximate surface area is 143 Å². The molecular formula is C16H10Cl2N2OS. The molecule has 1 fully saturated rings. The summed E-state index contributed by atoms with van der Waals surface area (Å²) in [6.07, 6.45) is 1.73. The molecule has 0 atom stereocenters. The molecule has 0 unspecified atom stereocenters. The zero-order chi connectivity index (χ0) is 15.7. The standard InChI is InChI=1S/C16H10Cl2N2OS/c17-11-6-4-10(5-7-11)8-14-15(21)20(16(22)19-14)13-3-1-2-12(18)9-13/h1-9H,(H,19,22)/b14-8-. The van der Waals surface area contributed by atoms with Gasteiger partial charge in [0.05, 0.1) is 5.69 Å². The summed E-state index contributed by atoms with van der Waals surface area (Å²) in [6.45, 7) is 0. The normalized spacial score (nSPS) is 16.3. The van der Waals surface area contributed by atoms with Crippen molar-refractivity contribution in [2.45, 2.75) is 0 Å². The molecule has 0 radical (unpaired) electrons. The predicted octanol–water partition coefficient (Wildman–Crippen LogP) is 4.26. The monoisotopic (exact) mass is 348 g/mol. The first-order valence-corrected chi connectivity index (χ1v) is 7.59. The van der Waals surface area contributed by atoms with E-state index in [2.05, 4.69) is 5.32 Å². The van der Waals surface area contributed by atoms with E-state index in [1.165, 1.54) is 4.90 Å². The van der Waals surface area contributed by atoms with Gasteiger partial charge in [-0.25, -0.2) is 0 Å². The molecule has 110 valence electrons. The van der Waals surface area contributed by atoms with E-state index in [-0.39, 0.29) is 5.91 Å². The van der Waals surface area contributed by atoms with Crippen molar-refractivity contribution < 1.29 is 4.79 Å². The number of carbonyl (C=O) groups excluding carboxylic acids is 1. The fraction of sp³-hybridized carbons (Fsp3) is 0. The quantitative estimate of drug-likeness (QED) is 0.650. The van der Waals surface area contributed by atoms with Gasteiger partial charge in [0.25, 0.3) is 5.91 Å². The van der Waals surface area contributed by atoms with E-state index >= 15 is 0 Å². The van der Waals surface area contributed by atoms with Crippen LogP contribution in [-0.4, -0.2) is 11.0 Å². The van der Waals surface area contributed by atoms with E-state index in [1.807, 2.05) is 12.1 Å². The summed E-state index contributed by atoms with van der Waals surface area (Å²) in [4.78, 5) is 14.0. The molecule has 1 aliphatic rings. The second kappa shape index (κ2) is 6.08. The number of amides is 1. The van der Waals surface area contributed by atoms with E-state index < -0.39 is 0 Å². The van der Waals surface area contributed by atoms with Gasteiger partial charge >= 0.3 is 0 Å². The number of halogens is 2. The molecule has 0 aliphatic carbocycles. The fourth-order valence-corrected chi connectivity index (χ4v) is 2.72. The van der Waals surface area contributed by atoms with Crippen LogP contribution in [0.15, 0.2) is 54.2 Å². The first-order chi connectivity index (χ1) is 10.5. The second-order valence-corrected chi connectivity index (χ2v) is 5.92. The van der Waals surface area contributed by atoms with Crippen LogP contribution in [0.5, 0.6) is 0 Å². The topological polar surface area (TPSA) is 32.3 Å². The largest absolute Gasteiger partial charge is 0.327 e. The van der Waals surface area contributed by atoms with Crippen molar-refractivity contribution in [1.29, 1.82) is 0 Å². The number of benzene rings is 2. The van der Waals surface area contributed by atoms with Crippen LogP contribution in [0.25, 0.3) is 6.08 Å². The highest BCUT2D eigenvalue weighted by atomic mass is 35.5. The molecule has 0 saturated carbocycles. The lowest BCUT2D eigenvalue weighted by Crippen LogP contribution is -2.30. The average Bonchev–Trinajstić information content (AvgIpc) is 2.76. The zero-order valence-corrected chi connectivity index (χ0v) is 13.5. The van der Waals surface area contributed by atoms with Crippen LogP contribution in [0.4, 0.5) is 5.69 Å². The average molecular weight is 349 g/mol. The fourth-order valence-electron chi connectivity index (χ4n) is 2.11. The third kappa shape index (κ3) is 2.99. The summed E-state index contributed by atoms with van der Waals surface area (Å²) in [5.41, 5.74) is 1.90. The molecule has 1 heterocycles. The van der Waals surface area contributed by atoms with Gasteiger partial charge in [-0.1, -0.05) is 41.4 Å². The summed E-state index contributed by atoms with van der Waals surface area (Å²) >= 11 is 17.1. The Morgan fingerprint density at radius 1 is 1.05 bits per heavy atom. The first kappa shape index (κ1) is 15.0. The molecule has 22 heavy (non-hydrogen) atoms. The van der Waals surface area contributed by atoms with Crippen LogP contribution in [-0.2, 0) is 4.79 Å². The van der Waals surface area contributed by atoms with E-state index in [1.54, 1.807) is 42.5 Å². The summed E-state index contributed by atoms with van der Waals surface area (Å²) in [5, 5.41) is 4.44. The van der Waals surface area contributed by atoms with Crippen molar-refractivity contribution in [1.82, 2.24) is 5.32 Å². The molecule has 3 rings (SSSR count). The van der Waals surface area contributed by atoms with E-state index in [9.17, 15) is 4.79 Å².